The highest BCUT2D eigenvalue weighted by molar-refractivity contribution is 9.10. The number of rotatable bonds is 5. The summed E-state index contributed by atoms with van der Waals surface area (Å²) in [5, 5.41) is 31.1. The van der Waals surface area contributed by atoms with E-state index in [9.17, 15) is 19.8 Å². The molecule has 1 rings (SSSR count). The Balaban J connectivity index is 2.97. The predicted octanol–water partition coefficient (Wildman–Crippen LogP) is 0.678. The molecule has 0 aliphatic rings. The zero-order valence-electron chi connectivity index (χ0n) is 10.1. The first kappa shape index (κ1) is 15.6. The van der Waals surface area contributed by atoms with Crippen LogP contribution in [-0.4, -0.2) is 39.8 Å². The smallest absolute Gasteiger partial charge is 0.336 e. The molecule has 1 amide bonds. The van der Waals surface area contributed by atoms with Gasteiger partial charge in [-0.2, -0.15) is 0 Å². The van der Waals surface area contributed by atoms with E-state index in [1.807, 2.05) is 0 Å². The maximum Gasteiger partial charge on any atom is 0.336 e. The van der Waals surface area contributed by atoms with Crippen LogP contribution in [0.2, 0.25) is 0 Å². The Morgan fingerprint density at radius 1 is 1.37 bits per heavy atom. The number of carbonyl (C=O) groups excluding carboxylic acids is 1. The largest absolute Gasteiger partial charge is 0.478 e. The molecule has 0 spiro atoms. The molecule has 2 unspecified atom stereocenters. The summed E-state index contributed by atoms with van der Waals surface area (Å²) in [6.07, 6.45) is -2.70. The second kappa shape index (κ2) is 6.65. The number of nitrogens with one attached hydrogen (secondary N) is 1. The molecule has 0 bridgehead atoms. The third-order valence-electron chi connectivity index (χ3n) is 2.49. The fraction of sp³-hybridized carbons (Fsp3) is 0.333. The molecule has 0 saturated carbocycles. The molecule has 0 aliphatic carbocycles. The molecule has 1 aromatic rings. The second-order valence-electron chi connectivity index (χ2n) is 3.99. The number of amides is 1. The Morgan fingerprint density at radius 2 is 2.00 bits per heavy atom. The number of hydrogen-bond acceptors (Lipinski definition) is 4. The number of carboxylic acids is 1. The maximum absolute atomic E-state index is 11.0. The van der Waals surface area contributed by atoms with Gasteiger partial charge in [0.1, 0.15) is 12.2 Å². The Morgan fingerprint density at radius 3 is 2.53 bits per heavy atom. The summed E-state index contributed by atoms with van der Waals surface area (Å²) in [5.74, 6) is -1.55. The first-order valence-electron chi connectivity index (χ1n) is 5.46. The third-order valence-corrected chi connectivity index (χ3v) is 2.98. The minimum absolute atomic E-state index is 0.0831. The van der Waals surface area contributed by atoms with Gasteiger partial charge in [0.15, 0.2) is 0 Å². The minimum atomic E-state index is -1.41. The van der Waals surface area contributed by atoms with E-state index in [0.29, 0.717) is 4.47 Å². The predicted molar refractivity (Wildman–Crippen MR) is 70.8 cm³/mol. The van der Waals surface area contributed by atoms with E-state index in [4.69, 9.17) is 5.11 Å². The van der Waals surface area contributed by atoms with Crippen LogP contribution in [0.4, 0.5) is 0 Å². The Bertz CT molecular complexity index is 491. The van der Waals surface area contributed by atoms with Crippen molar-refractivity contribution in [3.8, 4) is 0 Å². The van der Waals surface area contributed by atoms with Crippen LogP contribution < -0.4 is 5.32 Å². The summed E-state index contributed by atoms with van der Waals surface area (Å²) in [6, 6.07) is 4.28. The quantitative estimate of drug-likeness (QED) is 0.634. The van der Waals surface area contributed by atoms with E-state index in [1.54, 1.807) is 0 Å². The number of aromatic carboxylic acids is 1. The fourth-order valence-electron chi connectivity index (χ4n) is 1.54. The van der Waals surface area contributed by atoms with Crippen molar-refractivity contribution in [1.82, 2.24) is 5.32 Å². The van der Waals surface area contributed by atoms with Crippen molar-refractivity contribution in [2.24, 2.45) is 0 Å². The summed E-state index contributed by atoms with van der Waals surface area (Å²) in [7, 11) is 0. The lowest BCUT2D eigenvalue weighted by Crippen LogP contribution is -2.34. The minimum Gasteiger partial charge on any atom is -0.478 e. The van der Waals surface area contributed by atoms with E-state index in [1.165, 1.54) is 25.1 Å². The SMILES string of the molecule is CC(=O)NCC(O)C(O)c1cc(Br)ccc1C(=O)O. The van der Waals surface area contributed by atoms with Crippen molar-refractivity contribution in [1.29, 1.82) is 0 Å². The highest BCUT2D eigenvalue weighted by atomic mass is 79.9. The molecule has 6 nitrogen and oxygen atoms in total. The van der Waals surface area contributed by atoms with Crippen LogP contribution in [0.15, 0.2) is 22.7 Å². The Hall–Kier alpha value is -1.44. The van der Waals surface area contributed by atoms with Crippen molar-refractivity contribution >= 4 is 27.8 Å². The summed E-state index contributed by atoms with van der Waals surface area (Å²) < 4.78 is 0.582. The van der Waals surface area contributed by atoms with Gasteiger partial charge >= 0.3 is 5.97 Å². The van der Waals surface area contributed by atoms with E-state index in [-0.39, 0.29) is 23.6 Å². The molecule has 0 aromatic heterocycles. The van der Waals surface area contributed by atoms with Gasteiger partial charge in [0.25, 0.3) is 0 Å². The van der Waals surface area contributed by atoms with Crippen molar-refractivity contribution in [3.05, 3.63) is 33.8 Å². The molecule has 104 valence electrons. The number of aliphatic hydroxyl groups is 2. The van der Waals surface area contributed by atoms with Crippen molar-refractivity contribution in [3.63, 3.8) is 0 Å². The van der Waals surface area contributed by atoms with Gasteiger partial charge in [-0.1, -0.05) is 15.9 Å². The molecule has 2 atom stereocenters. The molecule has 7 heteroatoms. The Kier molecular flexibility index (Phi) is 5.46. The number of benzene rings is 1. The van der Waals surface area contributed by atoms with Gasteiger partial charge in [0.05, 0.1) is 5.56 Å². The highest BCUT2D eigenvalue weighted by Crippen LogP contribution is 2.25. The number of halogens is 1. The standard InChI is InChI=1S/C12H14BrNO5/c1-6(15)14-5-10(16)11(17)9-4-7(13)2-3-8(9)12(18)19/h2-4,10-11,16-17H,5H2,1H3,(H,14,15)(H,18,19). The normalized spacial score (nSPS) is 13.7. The molecular weight excluding hydrogens is 318 g/mol. The summed E-state index contributed by atoms with van der Waals surface area (Å²) >= 11 is 3.17. The summed E-state index contributed by atoms with van der Waals surface area (Å²) in [5.41, 5.74) is -0.0164. The molecular formula is C12H14BrNO5. The molecule has 0 aliphatic heterocycles. The van der Waals surface area contributed by atoms with E-state index >= 15 is 0 Å². The monoisotopic (exact) mass is 331 g/mol. The highest BCUT2D eigenvalue weighted by Gasteiger charge is 2.24. The van der Waals surface area contributed by atoms with Gasteiger partial charge in [-0.05, 0) is 23.8 Å². The van der Waals surface area contributed by atoms with Gasteiger partial charge in [0, 0.05) is 17.9 Å². The lowest BCUT2D eigenvalue weighted by Gasteiger charge is -2.20. The lowest BCUT2D eigenvalue weighted by atomic mass is 9.98. The molecule has 0 radical (unpaired) electrons. The average molecular weight is 332 g/mol. The van der Waals surface area contributed by atoms with Crippen molar-refractivity contribution in [2.45, 2.75) is 19.1 Å². The molecule has 0 heterocycles. The molecule has 1 aromatic carbocycles. The van der Waals surface area contributed by atoms with Crippen LogP contribution in [0.1, 0.15) is 28.9 Å². The molecule has 0 fully saturated rings. The number of carbonyl (C=O) groups is 2. The first-order valence-corrected chi connectivity index (χ1v) is 6.25. The van der Waals surface area contributed by atoms with Gasteiger partial charge < -0.3 is 20.6 Å². The van der Waals surface area contributed by atoms with Crippen molar-refractivity contribution in [2.75, 3.05) is 6.54 Å². The van der Waals surface area contributed by atoms with Crippen LogP contribution in [0.25, 0.3) is 0 Å². The lowest BCUT2D eigenvalue weighted by molar-refractivity contribution is -0.119. The number of carboxylic acid groups (broad SMARTS) is 1. The van der Waals surface area contributed by atoms with Gasteiger partial charge in [0.2, 0.25) is 5.91 Å². The fourth-order valence-corrected chi connectivity index (χ4v) is 1.92. The van der Waals surface area contributed by atoms with Gasteiger partial charge in [-0.3, -0.25) is 4.79 Å². The first-order chi connectivity index (χ1) is 8.82. The van der Waals surface area contributed by atoms with Crippen LogP contribution in [0.5, 0.6) is 0 Å². The van der Waals surface area contributed by atoms with Gasteiger partial charge in [-0.25, -0.2) is 4.79 Å². The number of hydrogen-bond donors (Lipinski definition) is 4. The average Bonchev–Trinajstić information content (AvgIpc) is 2.34. The zero-order chi connectivity index (χ0) is 14.6. The summed E-state index contributed by atoms with van der Waals surface area (Å²) in [6.45, 7) is 1.11. The zero-order valence-corrected chi connectivity index (χ0v) is 11.7. The second-order valence-corrected chi connectivity index (χ2v) is 4.90. The molecule has 4 N–H and O–H groups in total. The van der Waals surface area contributed by atoms with Crippen LogP contribution in [0, 0.1) is 0 Å². The van der Waals surface area contributed by atoms with E-state index in [0.717, 1.165) is 0 Å². The van der Waals surface area contributed by atoms with Crippen LogP contribution in [0.3, 0.4) is 0 Å². The van der Waals surface area contributed by atoms with Crippen LogP contribution in [-0.2, 0) is 4.79 Å². The number of aliphatic hydroxyl groups excluding tert-OH is 2. The molecule has 19 heavy (non-hydrogen) atoms. The summed E-state index contributed by atoms with van der Waals surface area (Å²) in [4.78, 5) is 21.8. The Labute approximate surface area is 118 Å². The van der Waals surface area contributed by atoms with Crippen molar-refractivity contribution < 1.29 is 24.9 Å². The van der Waals surface area contributed by atoms with E-state index < -0.39 is 18.2 Å². The topological polar surface area (TPSA) is 107 Å². The third kappa shape index (κ3) is 4.30. The van der Waals surface area contributed by atoms with Crippen LogP contribution >= 0.6 is 15.9 Å². The van der Waals surface area contributed by atoms with E-state index in [2.05, 4.69) is 21.2 Å². The molecule has 0 saturated heterocycles. The van der Waals surface area contributed by atoms with Gasteiger partial charge in [-0.15, -0.1) is 0 Å². The maximum atomic E-state index is 11.0.